The monoisotopic (exact) mass is 1070 g/mol. The van der Waals surface area contributed by atoms with E-state index in [9.17, 15) is 67.8 Å². The molecule has 0 saturated heterocycles. The van der Waals surface area contributed by atoms with Gasteiger partial charge in [0.05, 0.1) is 6.61 Å². The van der Waals surface area contributed by atoms with Crippen molar-refractivity contribution < 1.29 is 99.8 Å². The van der Waals surface area contributed by atoms with Gasteiger partial charge in [0.2, 0.25) is 0 Å². The molecular formula is C41H82O21P4S. The fourth-order valence-corrected chi connectivity index (χ4v) is 10.6. The van der Waals surface area contributed by atoms with Gasteiger partial charge in [-0.15, -0.1) is 0 Å². The van der Waals surface area contributed by atoms with E-state index in [-0.39, 0.29) is 12.8 Å². The molecule has 0 spiro atoms. The summed E-state index contributed by atoms with van der Waals surface area (Å²) in [6.45, 7) is -2.13. The quantitative estimate of drug-likeness (QED) is 0.0158. The standard InChI is InChI=1S/C41H82O21P4S/c1-3-5-7-9-11-13-15-17-19-21-23-25-27-29-34(42)56-31-33(58-35(43)30-28-26-24-22-20-18-16-14-12-10-8-6-4-2)32-57-65(52,53)61-38-36(44)39(59-63(46,47)48)41(60-64(49,50)51)40(37(38)45)62-66(54,55)67/h33,36-41,44-45H,3-32H2,1-2H3,(H,52,53)(H2,46,47,48)(H2,49,50,51)(H2,54,55,67)/t33-,36-,37-,38-,39+,40-,41-/m0/s1. The summed E-state index contributed by atoms with van der Waals surface area (Å²) in [5, 5.41) is 22.0. The van der Waals surface area contributed by atoms with Crippen molar-refractivity contribution in [2.45, 2.75) is 236 Å². The number of carbonyl (C=O) groups is 2. The highest BCUT2D eigenvalue weighted by Crippen LogP contribution is 2.53. The second kappa shape index (κ2) is 35.8. The Bertz CT molecular complexity index is 1490. The second-order valence-corrected chi connectivity index (χ2v) is 23.7. The topological polar surface area (TPSA) is 332 Å². The summed E-state index contributed by atoms with van der Waals surface area (Å²) in [5.74, 6) is -1.35. The number of aliphatic hydroxyl groups is 2. The summed E-state index contributed by atoms with van der Waals surface area (Å²) in [6.07, 6.45) is 11.4. The number of carbonyl (C=O) groups excluding carboxylic acids is 2. The molecule has 0 radical (unpaired) electrons. The van der Waals surface area contributed by atoms with Crippen LogP contribution >= 0.6 is 30.2 Å². The van der Waals surface area contributed by atoms with Crippen molar-refractivity contribution in [1.29, 1.82) is 0 Å². The van der Waals surface area contributed by atoms with Gasteiger partial charge in [-0.2, -0.15) is 0 Å². The molecule has 1 aliphatic rings. The van der Waals surface area contributed by atoms with Gasteiger partial charge in [0.25, 0.3) is 0 Å². The molecule has 26 heteroatoms. The maximum absolute atomic E-state index is 13.3. The Morgan fingerprint density at radius 2 is 0.806 bits per heavy atom. The lowest BCUT2D eigenvalue weighted by molar-refractivity contribution is -0.208. The average molecular weight is 1070 g/mol. The van der Waals surface area contributed by atoms with Crippen molar-refractivity contribution in [2.75, 3.05) is 13.2 Å². The molecule has 1 aliphatic carbocycles. The number of hydrogen-bond acceptors (Lipinski definition) is 15. The van der Waals surface area contributed by atoms with E-state index < -0.39 is 98.1 Å². The smallest absolute Gasteiger partial charge is 0.462 e. The van der Waals surface area contributed by atoms with Crippen molar-refractivity contribution in [3.05, 3.63) is 0 Å². The molecule has 0 heterocycles. The first-order chi connectivity index (χ1) is 31.5. The Morgan fingerprint density at radius 1 is 0.463 bits per heavy atom. The second-order valence-electron chi connectivity index (χ2n) is 17.3. The largest absolute Gasteiger partial charge is 0.472 e. The highest BCUT2D eigenvalue weighted by atomic mass is 32.5. The first kappa shape index (κ1) is 64.7. The van der Waals surface area contributed by atoms with Gasteiger partial charge in [0.1, 0.15) is 43.2 Å². The van der Waals surface area contributed by atoms with E-state index in [1.165, 1.54) is 96.3 Å². The van der Waals surface area contributed by atoms with Crippen LogP contribution in [0.15, 0.2) is 0 Å². The molecule has 0 aliphatic heterocycles. The Kier molecular flexibility index (Phi) is 34.6. The molecule has 1 saturated carbocycles. The fraction of sp³-hybridized carbons (Fsp3) is 0.951. The number of aliphatic hydroxyl groups excluding tert-OH is 2. The van der Waals surface area contributed by atoms with Crippen LogP contribution < -0.4 is 0 Å². The van der Waals surface area contributed by atoms with Crippen LogP contribution in [0.2, 0.25) is 0 Å². The third-order valence-electron chi connectivity index (χ3n) is 11.1. The normalized spacial score (nSPS) is 21.8. The lowest BCUT2D eigenvalue weighted by Gasteiger charge is -2.46. The predicted molar refractivity (Wildman–Crippen MR) is 252 cm³/mol. The van der Waals surface area contributed by atoms with Crippen LogP contribution in [0, 0.1) is 0 Å². The molecule has 0 amide bonds. The zero-order valence-electron chi connectivity index (χ0n) is 39.4. The van der Waals surface area contributed by atoms with Gasteiger partial charge in [0.15, 0.2) is 6.10 Å². The van der Waals surface area contributed by atoms with Gasteiger partial charge in [-0.05, 0) is 24.6 Å². The molecular weight excluding hydrogens is 984 g/mol. The number of rotatable bonds is 42. The zero-order valence-corrected chi connectivity index (χ0v) is 43.8. The van der Waals surface area contributed by atoms with Gasteiger partial charge in [-0.25, -0.2) is 13.7 Å². The van der Waals surface area contributed by atoms with Gasteiger partial charge in [-0.3, -0.25) is 32.2 Å². The summed E-state index contributed by atoms with van der Waals surface area (Å²) >= 11 is 4.37. The van der Waals surface area contributed by atoms with E-state index in [0.29, 0.717) is 12.8 Å². The number of ether oxygens (including phenoxy) is 2. The highest BCUT2D eigenvalue weighted by Gasteiger charge is 2.58. The van der Waals surface area contributed by atoms with E-state index in [4.69, 9.17) is 23.0 Å². The van der Waals surface area contributed by atoms with E-state index >= 15 is 0 Å². The molecule has 1 unspecified atom stereocenters. The number of hydrogen-bond donors (Lipinski definition) is 9. The first-order valence-electron chi connectivity index (χ1n) is 24.1. The number of phosphoric ester groups is 3. The lowest BCUT2D eigenvalue weighted by atomic mass is 9.85. The predicted octanol–water partition coefficient (Wildman–Crippen LogP) is 8.19. The molecule has 21 nitrogen and oxygen atoms in total. The van der Waals surface area contributed by atoms with E-state index in [2.05, 4.69) is 34.7 Å². The molecule has 1 rings (SSSR count). The minimum absolute atomic E-state index is 0.0299. The SMILES string of the molecule is CCCCCCCCCCCCCCCC(=O)OC[C@@H](COP(=O)(O)O[C@H]1[C@H](O)[C@@H](OP(=O)(O)O)[C@H](OP(=O)(O)O)[C@@H](OP(O)(O)=S)[C@H]1O)OC(=O)CCCCCCCCCCCCCCC. The van der Waals surface area contributed by atoms with E-state index in [1.807, 2.05) is 0 Å². The van der Waals surface area contributed by atoms with Crippen LogP contribution in [0.25, 0.3) is 0 Å². The van der Waals surface area contributed by atoms with Crippen LogP contribution in [0.1, 0.15) is 194 Å². The van der Waals surface area contributed by atoms with Crippen molar-refractivity contribution in [1.82, 2.24) is 0 Å². The van der Waals surface area contributed by atoms with Crippen molar-refractivity contribution in [3.63, 3.8) is 0 Å². The lowest BCUT2D eigenvalue weighted by Crippen LogP contribution is -2.65. The maximum Gasteiger partial charge on any atom is 0.472 e. The Hall–Kier alpha value is -0.280. The van der Waals surface area contributed by atoms with Crippen molar-refractivity contribution in [3.8, 4) is 0 Å². The molecule has 67 heavy (non-hydrogen) atoms. The Morgan fingerprint density at radius 3 is 1.18 bits per heavy atom. The highest BCUT2D eigenvalue weighted by molar-refractivity contribution is 8.06. The van der Waals surface area contributed by atoms with Crippen LogP contribution in [0.3, 0.4) is 0 Å². The molecule has 398 valence electrons. The first-order valence-corrected chi connectivity index (χ1v) is 31.3. The summed E-state index contributed by atoms with van der Waals surface area (Å²) in [7, 11) is -17.0. The molecule has 0 aromatic carbocycles. The van der Waals surface area contributed by atoms with Gasteiger partial charge in [0, 0.05) is 12.8 Å². The third-order valence-corrected chi connectivity index (χ3v) is 13.9. The third kappa shape index (κ3) is 33.9. The van der Waals surface area contributed by atoms with Crippen molar-refractivity contribution >= 4 is 53.9 Å². The van der Waals surface area contributed by atoms with Crippen LogP contribution in [-0.2, 0) is 67.2 Å². The minimum Gasteiger partial charge on any atom is -0.462 e. The van der Waals surface area contributed by atoms with E-state index in [0.717, 1.165) is 57.8 Å². The zero-order chi connectivity index (χ0) is 50.4. The fourth-order valence-electron chi connectivity index (χ4n) is 7.67. The van der Waals surface area contributed by atoms with Crippen LogP contribution in [0.5, 0.6) is 0 Å². The molecule has 9 N–H and O–H groups in total. The van der Waals surface area contributed by atoms with Gasteiger partial charge >= 0.3 is 42.1 Å². The number of esters is 2. The van der Waals surface area contributed by atoms with Gasteiger partial charge < -0.3 is 53.9 Å². The summed E-state index contributed by atoms with van der Waals surface area (Å²) in [5.41, 5.74) is 0. The van der Waals surface area contributed by atoms with Crippen LogP contribution in [-0.4, -0.2) is 112 Å². The Balaban J connectivity index is 2.91. The minimum atomic E-state index is -5.73. The summed E-state index contributed by atoms with van der Waals surface area (Å²) in [4.78, 5) is 93.7. The van der Waals surface area contributed by atoms with Crippen LogP contribution in [0.4, 0.5) is 0 Å². The molecule has 0 aromatic rings. The number of unbranched alkanes of at least 4 members (excludes halogenated alkanes) is 24. The molecule has 1 fully saturated rings. The summed E-state index contributed by atoms with van der Waals surface area (Å²) < 4.78 is 71.1. The Labute approximate surface area is 402 Å². The van der Waals surface area contributed by atoms with E-state index in [1.54, 1.807) is 0 Å². The maximum atomic E-state index is 13.3. The van der Waals surface area contributed by atoms with Crippen molar-refractivity contribution in [2.24, 2.45) is 0 Å². The summed E-state index contributed by atoms with van der Waals surface area (Å²) in [6, 6.07) is 0. The number of phosphoric acid groups is 3. The molecule has 0 bridgehead atoms. The van der Waals surface area contributed by atoms with Gasteiger partial charge in [-0.1, -0.05) is 168 Å². The molecule has 0 aromatic heterocycles. The average Bonchev–Trinajstić information content (AvgIpc) is 3.22. The molecule has 8 atom stereocenters.